The molecular weight excluding hydrogens is 131 g/mol. The third-order valence-corrected chi connectivity index (χ3v) is 0.583. The van der Waals surface area contributed by atoms with Crippen LogP contribution in [0.15, 0.2) is 23.1 Å². The Bertz CT molecular complexity index is 180. The molecule has 8 heavy (non-hydrogen) atoms. The number of nitrogens with zero attached hydrogens (tertiary/aromatic N) is 1. The molecule has 0 atom stereocenters. The zero-order chi connectivity index (χ0) is 5.11. The first-order chi connectivity index (χ1) is 3.39. The van der Waals surface area contributed by atoms with Crippen LogP contribution in [0.2, 0.25) is 0 Å². The zero-order valence-corrected chi connectivity index (χ0v) is 3.59. The van der Waals surface area contributed by atoms with E-state index in [9.17, 15) is 4.79 Å². The summed E-state index contributed by atoms with van der Waals surface area (Å²) in [6.45, 7) is 0. The minimum atomic E-state index is -0.164. The van der Waals surface area contributed by atoms with E-state index < -0.39 is 0 Å². The van der Waals surface area contributed by atoms with E-state index in [0.29, 0.717) is 0 Å². The quantitative estimate of drug-likeness (QED) is 0.471. The third kappa shape index (κ3) is 2.73. The standard InChI is InChI=1S/C4H4N2O.K.H/c7-4-2-1-3-5-6-4;;/h1-3H,(H,6,7);;. The van der Waals surface area contributed by atoms with E-state index in [1.807, 2.05) is 0 Å². The van der Waals surface area contributed by atoms with Gasteiger partial charge in [-0.1, -0.05) is 0 Å². The molecule has 0 aliphatic rings. The fraction of sp³-hybridized carbons (Fsp3) is 0. The summed E-state index contributed by atoms with van der Waals surface area (Å²) in [5.74, 6) is 0. The van der Waals surface area contributed by atoms with Crippen molar-refractivity contribution in [3.05, 3.63) is 28.7 Å². The fourth-order valence-corrected chi connectivity index (χ4v) is 0.312. The molecule has 1 aromatic heterocycles. The summed E-state index contributed by atoms with van der Waals surface area (Å²) in [5, 5.41) is 5.67. The third-order valence-electron chi connectivity index (χ3n) is 0.583. The van der Waals surface area contributed by atoms with E-state index in [1.165, 1.54) is 12.3 Å². The molecule has 0 spiro atoms. The molecule has 0 aliphatic heterocycles. The first-order valence-electron chi connectivity index (χ1n) is 1.89. The molecule has 1 aromatic rings. The van der Waals surface area contributed by atoms with Gasteiger partial charge in [-0.15, -0.1) is 0 Å². The molecule has 0 unspecified atom stereocenters. The molecule has 0 radical (unpaired) electrons. The zero-order valence-electron chi connectivity index (χ0n) is 3.59. The Morgan fingerprint density at radius 2 is 2.38 bits per heavy atom. The van der Waals surface area contributed by atoms with Crippen molar-refractivity contribution >= 4 is 51.4 Å². The van der Waals surface area contributed by atoms with Crippen molar-refractivity contribution in [2.45, 2.75) is 0 Å². The van der Waals surface area contributed by atoms with Gasteiger partial charge in [-0.3, -0.25) is 4.79 Å². The van der Waals surface area contributed by atoms with Gasteiger partial charge in [0.05, 0.1) is 0 Å². The first-order valence-corrected chi connectivity index (χ1v) is 1.89. The number of hydrogen-bond acceptors (Lipinski definition) is 2. The molecule has 4 heteroatoms. The van der Waals surface area contributed by atoms with Gasteiger partial charge in [0.2, 0.25) is 0 Å². The van der Waals surface area contributed by atoms with Gasteiger partial charge >= 0.3 is 51.4 Å². The van der Waals surface area contributed by atoms with Gasteiger partial charge in [0.25, 0.3) is 5.56 Å². The van der Waals surface area contributed by atoms with Crippen molar-refractivity contribution in [1.29, 1.82) is 0 Å². The molecule has 0 bridgehead atoms. The molecule has 0 saturated carbocycles. The summed E-state index contributed by atoms with van der Waals surface area (Å²) in [6, 6.07) is 2.99. The molecule has 1 N–H and O–H groups in total. The van der Waals surface area contributed by atoms with Crippen molar-refractivity contribution in [3.8, 4) is 0 Å². The average Bonchev–Trinajstić information content (AvgIpc) is 1.69. The molecule has 0 amide bonds. The van der Waals surface area contributed by atoms with E-state index in [-0.39, 0.29) is 56.9 Å². The maximum absolute atomic E-state index is 10.2. The van der Waals surface area contributed by atoms with Gasteiger partial charge in [-0.2, -0.15) is 5.10 Å². The normalized spacial score (nSPS) is 7.50. The number of rotatable bonds is 0. The summed E-state index contributed by atoms with van der Waals surface area (Å²) < 4.78 is 0. The number of H-pyrrole nitrogens is 1. The van der Waals surface area contributed by atoms with Crippen molar-refractivity contribution in [3.63, 3.8) is 0 Å². The Kier molecular flexibility index (Phi) is 4.68. The van der Waals surface area contributed by atoms with Crippen LogP contribution < -0.4 is 5.56 Å². The Hall–Kier alpha value is 0.516. The predicted molar refractivity (Wildman–Crippen MR) is 32.0 cm³/mol. The van der Waals surface area contributed by atoms with E-state index in [1.54, 1.807) is 6.07 Å². The topological polar surface area (TPSA) is 45.8 Å². The van der Waals surface area contributed by atoms with E-state index >= 15 is 0 Å². The van der Waals surface area contributed by atoms with E-state index in [4.69, 9.17) is 0 Å². The first kappa shape index (κ1) is 8.52. The molecule has 0 aliphatic carbocycles. The molecule has 38 valence electrons. The molecule has 3 nitrogen and oxygen atoms in total. The molecule has 1 rings (SSSR count). The van der Waals surface area contributed by atoms with E-state index in [0.717, 1.165) is 0 Å². The summed E-state index contributed by atoms with van der Waals surface area (Å²) in [6.07, 6.45) is 1.52. The second-order valence-electron chi connectivity index (χ2n) is 1.11. The number of aromatic amines is 1. The van der Waals surface area contributed by atoms with Crippen molar-refractivity contribution in [2.24, 2.45) is 0 Å². The molecule has 0 aromatic carbocycles. The molecular formula is C4H5KN2O. The van der Waals surface area contributed by atoms with Crippen LogP contribution in [0.1, 0.15) is 0 Å². The monoisotopic (exact) mass is 136 g/mol. The number of nitrogens with one attached hydrogen (secondary N) is 1. The number of aromatic nitrogens is 2. The minimum absolute atomic E-state index is 0. The van der Waals surface area contributed by atoms with Crippen molar-refractivity contribution in [2.75, 3.05) is 0 Å². The van der Waals surface area contributed by atoms with Gasteiger partial charge in [0, 0.05) is 12.3 Å². The molecule has 0 saturated heterocycles. The average molecular weight is 136 g/mol. The van der Waals surface area contributed by atoms with Crippen LogP contribution >= 0.6 is 0 Å². The van der Waals surface area contributed by atoms with Crippen LogP contribution in [-0.4, -0.2) is 61.6 Å². The van der Waals surface area contributed by atoms with Gasteiger partial charge in [0.15, 0.2) is 0 Å². The van der Waals surface area contributed by atoms with Crippen molar-refractivity contribution < 1.29 is 0 Å². The van der Waals surface area contributed by atoms with Gasteiger partial charge in [-0.05, 0) is 6.07 Å². The van der Waals surface area contributed by atoms with Gasteiger partial charge < -0.3 is 0 Å². The SMILES string of the molecule is O=c1cccn[nH]1.[KH]. The summed E-state index contributed by atoms with van der Waals surface area (Å²) in [5.41, 5.74) is -0.164. The van der Waals surface area contributed by atoms with Crippen LogP contribution in [0.25, 0.3) is 0 Å². The van der Waals surface area contributed by atoms with Crippen molar-refractivity contribution in [1.82, 2.24) is 10.2 Å². The molecule has 1 heterocycles. The Morgan fingerprint density at radius 1 is 1.62 bits per heavy atom. The molecule has 0 fully saturated rings. The van der Waals surface area contributed by atoms with Gasteiger partial charge in [0.1, 0.15) is 0 Å². The van der Waals surface area contributed by atoms with Crippen LogP contribution in [0.5, 0.6) is 0 Å². The second-order valence-corrected chi connectivity index (χ2v) is 1.11. The van der Waals surface area contributed by atoms with E-state index in [2.05, 4.69) is 10.2 Å². The maximum atomic E-state index is 10.2. The van der Waals surface area contributed by atoms with Gasteiger partial charge in [-0.25, -0.2) is 5.10 Å². The van der Waals surface area contributed by atoms with Crippen LogP contribution in [0.3, 0.4) is 0 Å². The fourth-order valence-electron chi connectivity index (χ4n) is 0.312. The Morgan fingerprint density at radius 3 is 2.62 bits per heavy atom. The Balaban J connectivity index is 0.000000490. The predicted octanol–water partition coefficient (Wildman–Crippen LogP) is -0.879. The number of hydrogen-bond donors (Lipinski definition) is 1. The van der Waals surface area contributed by atoms with Crippen LogP contribution in [-0.2, 0) is 0 Å². The van der Waals surface area contributed by atoms with Crippen LogP contribution in [0, 0.1) is 0 Å². The Labute approximate surface area is 88.9 Å². The summed E-state index contributed by atoms with van der Waals surface area (Å²) >= 11 is 0. The summed E-state index contributed by atoms with van der Waals surface area (Å²) in [4.78, 5) is 10.2. The summed E-state index contributed by atoms with van der Waals surface area (Å²) in [7, 11) is 0. The van der Waals surface area contributed by atoms with Crippen LogP contribution in [0.4, 0.5) is 0 Å². The second kappa shape index (κ2) is 4.40.